The zero-order valence-electron chi connectivity index (χ0n) is 12.6. The highest BCUT2D eigenvalue weighted by Crippen LogP contribution is 2.28. The Labute approximate surface area is 146 Å². The number of aromatic nitrogens is 2. The summed E-state index contributed by atoms with van der Waals surface area (Å²) in [4.78, 5) is 32.0. The molecule has 1 aromatic carbocycles. The van der Waals surface area contributed by atoms with Gasteiger partial charge in [0.05, 0.1) is 16.0 Å². The summed E-state index contributed by atoms with van der Waals surface area (Å²) in [6.07, 6.45) is 1.47. The highest BCUT2D eigenvalue weighted by Gasteiger charge is 2.11. The van der Waals surface area contributed by atoms with Crippen LogP contribution in [-0.4, -0.2) is 27.7 Å². The van der Waals surface area contributed by atoms with E-state index in [-0.39, 0.29) is 11.7 Å². The monoisotopic (exact) mass is 358 g/mol. The van der Waals surface area contributed by atoms with Crippen LogP contribution >= 0.6 is 23.1 Å². The molecule has 2 N–H and O–H groups in total. The Hall–Kier alpha value is -2.45. The van der Waals surface area contributed by atoms with Gasteiger partial charge in [-0.05, 0) is 17.0 Å². The third-order valence-corrected chi connectivity index (χ3v) is 5.13. The van der Waals surface area contributed by atoms with Gasteiger partial charge in [0.15, 0.2) is 0 Å². The molecular weight excluding hydrogens is 344 g/mol. The van der Waals surface area contributed by atoms with Crippen molar-refractivity contribution in [3.63, 3.8) is 0 Å². The fourth-order valence-electron chi connectivity index (χ4n) is 1.99. The number of hydrogen-bond acceptors (Lipinski definition) is 6. The van der Waals surface area contributed by atoms with Crippen molar-refractivity contribution in [2.45, 2.75) is 11.6 Å². The first kappa shape index (κ1) is 16.4. The summed E-state index contributed by atoms with van der Waals surface area (Å²) < 4.78 is 0.948. The highest BCUT2D eigenvalue weighted by atomic mass is 32.2. The van der Waals surface area contributed by atoms with Crippen LogP contribution in [0, 0.1) is 0 Å². The van der Waals surface area contributed by atoms with Gasteiger partial charge in [0.25, 0.3) is 0 Å². The molecule has 0 bridgehead atoms. The second-order valence-corrected chi connectivity index (χ2v) is 6.70. The number of rotatable bonds is 5. The largest absolute Gasteiger partial charge is 0.334 e. The van der Waals surface area contributed by atoms with E-state index in [2.05, 4.69) is 20.6 Å². The first-order chi connectivity index (χ1) is 11.7. The molecule has 0 aliphatic rings. The van der Waals surface area contributed by atoms with Crippen LogP contribution in [0.1, 0.15) is 5.56 Å². The maximum absolute atomic E-state index is 11.9. The van der Waals surface area contributed by atoms with Gasteiger partial charge in [-0.3, -0.25) is 10.1 Å². The molecule has 0 unspecified atom stereocenters. The zero-order chi connectivity index (χ0) is 16.8. The predicted octanol–water partition coefficient (Wildman–Crippen LogP) is 2.81. The van der Waals surface area contributed by atoms with E-state index in [1.807, 2.05) is 41.8 Å². The van der Waals surface area contributed by atoms with Gasteiger partial charge in [0.1, 0.15) is 11.4 Å². The summed E-state index contributed by atoms with van der Waals surface area (Å²) >= 11 is 2.81. The number of imide groups is 1. The highest BCUT2D eigenvalue weighted by molar-refractivity contribution is 8.00. The Morgan fingerprint density at radius 2 is 1.96 bits per heavy atom. The van der Waals surface area contributed by atoms with Crippen molar-refractivity contribution >= 4 is 45.3 Å². The zero-order valence-corrected chi connectivity index (χ0v) is 14.2. The molecule has 8 heteroatoms. The molecule has 0 radical (unpaired) electrons. The smallest absolute Gasteiger partial charge is 0.321 e. The molecule has 0 spiro atoms. The van der Waals surface area contributed by atoms with Crippen molar-refractivity contribution in [1.82, 2.24) is 20.6 Å². The number of fused-ring (bicyclic) bond motifs is 1. The van der Waals surface area contributed by atoms with Crippen LogP contribution in [0.25, 0.3) is 10.2 Å². The summed E-state index contributed by atoms with van der Waals surface area (Å²) in [5.41, 5.74) is 1.83. The third-order valence-electron chi connectivity index (χ3n) is 3.10. The van der Waals surface area contributed by atoms with Crippen LogP contribution in [0.15, 0.2) is 53.1 Å². The van der Waals surface area contributed by atoms with Crippen molar-refractivity contribution in [3.8, 4) is 0 Å². The molecule has 3 amide bonds. The lowest BCUT2D eigenvalue weighted by Crippen LogP contribution is -2.39. The van der Waals surface area contributed by atoms with Crippen LogP contribution in [0.3, 0.4) is 0 Å². The number of benzene rings is 1. The molecule has 0 aliphatic heterocycles. The van der Waals surface area contributed by atoms with Gasteiger partial charge in [0.2, 0.25) is 5.91 Å². The maximum atomic E-state index is 11.9. The molecule has 24 heavy (non-hydrogen) atoms. The number of hydrogen-bond donors (Lipinski definition) is 2. The van der Waals surface area contributed by atoms with E-state index in [0.29, 0.717) is 6.54 Å². The summed E-state index contributed by atoms with van der Waals surface area (Å²) in [6, 6.07) is 10.9. The van der Waals surface area contributed by atoms with E-state index in [4.69, 9.17) is 0 Å². The van der Waals surface area contributed by atoms with Gasteiger partial charge in [-0.25, -0.2) is 14.8 Å². The number of thioether (sulfide) groups is 1. The third kappa shape index (κ3) is 4.30. The topological polar surface area (TPSA) is 84.0 Å². The van der Waals surface area contributed by atoms with Crippen molar-refractivity contribution < 1.29 is 9.59 Å². The van der Waals surface area contributed by atoms with E-state index in [9.17, 15) is 9.59 Å². The standard InChI is InChI=1S/C16H14N4O2S2/c21-13(20-16(22)17-8-11-4-2-1-3-5-11)9-24-15-14-12(6-7-23-14)18-10-19-15/h1-7,10H,8-9H2,(H2,17,20,21,22). The first-order valence-electron chi connectivity index (χ1n) is 7.15. The lowest BCUT2D eigenvalue weighted by molar-refractivity contribution is -0.117. The van der Waals surface area contributed by atoms with E-state index in [1.165, 1.54) is 29.4 Å². The number of urea groups is 1. The van der Waals surface area contributed by atoms with Gasteiger partial charge >= 0.3 is 6.03 Å². The lowest BCUT2D eigenvalue weighted by Gasteiger charge is -2.06. The summed E-state index contributed by atoms with van der Waals surface area (Å²) in [7, 11) is 0. The minimum atomic E-state index is -0.506. The first-order valence-corrected chi connectivity index (χ1v) is 9.01. The quantitative estimate of drug-likeness (QED) is 0.541. The number of carbonyl (C=O) groups excluding carboxylic acids is 2. The van der Waals surface area contributed by atoms with Gasteiger partial charge in [-0.2, -0.15) is 0 Å². The molecule has 3 rings (SSSR count). The fourth-order valence-corrected chi connectivity index (χ4v) is 3.73. The Bertz CT molecular complexity index is 851. The molecular formula is C16H14N4O2S2. The number of nitrogens with zero attached hydrogens (tertiary/aromatic N) is 2. The predicted molar refractivity (Wildman–Crippen MR) is 95.0 cm³/mol. The van der Waals surface area contributed by atoms with Crippen molar-refractivity contribution in [2.24, 2.45) is 0 Å². The summed E-state index contributed by atoms with van der Waals surface area (Å²) in [5, 5.41) is 7.64. The van der Waals surface area contributed by atoms with Gasteiger partial charge in [0, 0.05) is 6.54 Å². The number of carbonyl (C=O) groups is 2. The molecule has 0 saturated heterocycles. The average molecular weight is 358 g/mol. The Balaban J connectivity index is 1.47. The van der Waals surface area contributed by atoms with E-state index < -0.39 is 6.03 Å². The second kappa shape index (κ2) is 7.89. The van der Waals surface area contributed by atoms with E-state index in [1.54, 1.807) is 0 Å². The number of amides is 3. The van der Waals surface area contributed by atoms with Crippen molar-refractivity contribution in [2.75, 3.05) is 5.75 Å². The molecule has 3 aromatic rings. The van der Waals surface area contributed by atoms with Crippen LogP contribution < -0.4 is 10.6 Å². The molecule has 122 valence electrons. The minimum Gasteiger partial charge on any atom is -0.334 e. The van der Waals surface area contributed by atoms with Crippen LogP contribution in [-0.2, 0) is 11.3 Å². The van der Waals surface area contributed by atoms with Gasteiger partial charge in [-0.15, -0.1) is 11.3 Å². The molecule has 2 aromatic heterocycles. The molecule has 6 nitrogen and oxygen atoms in total. The second-order valence-electron chi connectivity index (χ2n) is 4.82. The van der Waals surface area contributed by atoms with Crippen LogP contribution in [0.4, 0.5) is 4.79 Å². The molecule has 0 atom stereocenters. The van der Waals surface area contributed by atoms with E-state index >= 15 is 0 Å². The fraction of sp³-hybridized carbons (Fsp3) is 0.125. The van der Waals surface area contributed by atoms with Crippen molar-refractivity contribution in [1.29, 1.82) is 0 Å². The van der Waals surface area contributed by atoms with E-state index in [0.717, 1.165) is 20.8 Å². The average Bonchev–Trinajstić information content (AvgIpc) is 3.08. The SMILES string of the molecule is O=C(CSc1ncnc2ccsc12)NC(=O)NCc1ccccc1. The van der Waals surface area contributed by atoms with Gasteiger partial charge < -0.3 is 5.32 Å². The summed E-state index contributed by atoms with van der Waals surface area (Å²) in [6.45, 7) is 0.370. The van der Waals surface area contributed by atoms with Crippen LogP contribution in [0.5, 0.6) is 0 Å². The molecule has 2 heterocycles. The maximum Gasteiger partial charge on any atom is 0.321 e. The lowest BCUT2D eigenvalue weighted by atomic mass is 10.2. The number of nitrogens with one attached hydrogen (secondary N) is 2. The molecule has 0 aliphatic carbocycles. The summed E-state index contributed by atoms with van der Waals surface area (Å²) in [5.74, 6) is -0.253. The minimum absolute atomic E-state index is 0.114. The van der Waals surface area contributed by atoms with Crippen LogP contribution in [0.2, 0.25) is 0 Å². The van der Waals surface area contributed by atoms with Gasteiger partial charge in [-0.1, -0.05) is 42.1 Å². The Kier molecular flexibility index (Phi) is 5.39. The van der Waals surface area contributed by atoms with Crippen molar-refractivity contribution in [3.05, 3.63) is 53.7 Å². The number of thiophene rings is 1. The Morgan fingerprint density at radius 1 is 1.12 bits per heavy atom. The molecule has 0 saturated carbocycles. The normalized spacial score (nSPS) is 10.5. The Morgan fingerprint density at radius 3 is 2.79 bits per heavy atom. The molecule has 0 fully saturated rings.